The Morgan fingerprint density at radius 3 is 2.39 bits per heavy atom. The maximum Gasteiger partial charge on any atom is 0.0649 e. The summed E-state index contributed by atoms with van der Waals surface area (Å²) in [5.74, 6) is 0. The van der Waals surface area contributed by atoms with E-state index in [-0.39, 0.29) is 0 Å². The molecule has 2 aromatic rings. The van der Waals surface area contributed by atoms with Crippen LogP contribution in [0.1, 0.15) is 12.5 Å². The average molecular weight is 279 g/mol. The molecule has 2 aromatic carbocycles. The van der Waals surface area contributed by atoms with Crippen molar-refractivity contribution in [1.29, 1.82) is 0 Å². The van der Waals surface area contributed by atoms with Crippen LogP contribution in [0.3, 0.4) is 0 Å². The number of hydrogen-bond donors (Lipinski definition) is 1. The standard InChI is InChI=1S/C14H12Cl2N2/c1-10(11-7-8-13(15)14(16)9-11)17-18-12-5-3-2-4-6-12/h2-9,18H,1H3/b17-10+. The fraction of sp³-hybridized carbons (Fsp3) is 0.0714. The van der Waals surface area contributed by atoms with Crippen molar-refractivity contribution in [1.82, 2.24) is 0 Å². The minimum atomic E-state index is 0.531. The van der Waals surface area contributed by atoms with Crippen LogP contribution in [0.2, 0.25) is 10.0 Å². The van der Waals surface area contributed by atoms with Gasteiger partial charge in [0.05, 0.1) is 21.4 Å². The van der Waals surface area contributed by atoms with E-state index in [2.05, 4.69) is 10.5 Å². The lowest BCUT2D eigenvalue weighted by molar-refractivity contribution is 1.32. The van der Waals surface area contributed by atoms with E-state index in [9.17, 15) is 0 Å². The van der Waals surface area contributed by atoms with Gasteiger partial charge in [-0.3, -0.25) is 5.43 Å². The first-order valence-corrected chi connectivity index (χ1v) is 6.23. The third-order valence-electron chi connectivity index (χ3n) is 2.46. The molecule has 1 N–H and O–H groups in total. The Balaban J connectivity index is 2.15. The van der Waals surface area contributed by atoms with Gasteiger partial charge in [-0.1, -0.05) is 47.5 Å². The summed E-state index contributed by atoms with van der Waals surface area (Å²) in [6.07, 6.45) is 0. The highest BCUT2D eigenvalue weighted by Crippen LogP contribution is 2.22. The summed E-state index contributed by atoms with van der Waals surface area (Å²) in [5, 5.41) is 5.38. The molecule has 0 heterocycles. The van der Waals surface area contributed by atoms with Crippen molar-refractivity contribution < 1.29 is 0 Å². The minimum Gasteiger partial charge on any atom is -0.278 e. The van der Waals surface area contributed by atoms with Crippen molar-refractivity contribution in [3.8, 4) is 0 Å². The quantitative estimate of drug-likeness (QED) is 0.631. The van der Waals surface area contributed by atoms with E-state index >= 15 is 0 Å². The van der Waals surface area contributed by atoms with E-state index in [1.165, 1.54) is 0 Å². The molecule has 2 nitrogen and oxygen atoms in total. The summed E-state index contributed by atoms with van der Waals surface area (Å²) < 4.78 is 0. The zero-order valence-corrected chi connectivity index (χ0v) is 11.3. The van der Waals surface area contributed by atoms with Crippen LogP contribution in [0, 0.1) is 0 Å². The summed E-state index contributed by atoms with van der Waals surface area (Å²) in [7, 11) is 0. The number of nitrogens with one attached hydrogen (secondary N) is 1. The van der Waals surface area contributed by atoms with Gasteiger partial charge in [-0.15, -0.1) is 0 Å². The summed E-state index contributed by atoms with van der Waals surface area (Å²) in [4.78, 5) is 0. The molecule has 0 aliphatic carbocycles. The second-order valence-corrected chi connectivity index (χ2v) is 4.62. The van der Waals surface area contributed by atoms with Gasteiger partial charge in [0.1, 0.15) is 0 Å². The summed E-state index contributed by atoms with van der Waals surface area (Å²) in [6, 6.07) is 15.2. The molecule has 2 rings (SSSR count). The maximum absolute atomic E-state index is 5.97. The SMILES string of the molecule is C/C(=N\Nc1ccccc1)c1ccc(Cl)c(Cl)c1. The molecule has 0 radical (unpaired) electrons. The van der Waals surface area contributed by atoms with E-state index < -0.39 is 0 Å². The first-order chi connectivity index (χ1) is 8.66. The predicted molar refractivity (Wildman–Crippen MR) is 78.7 cm³/mol. The average Bonchev–Trinajstić information content (AvgIpc) is 2.40. The number of hydrogen-bond acceptors (Lipinski definition) is 2. The van der Waals surface area contributed by atoms with Crippen LogP contribution in [0.15, 0.2) is 53.6 Å². The van der Waals surface area contributed by atoms with Gasteiger partial charge in [0, 0.05) is 0 Å². The molecule has 4 heteroatoms. The van der Waals surface area contributed by atoms with Gasteiger partial charge in [0.15, 0.2) is 0 Å². The van der Waals surface area contributed by atoms with E-state index in [1.54, 1.807) is 12.1 Å². The van der Waals surface area contributed by atoms with Gasteiger partial charge >= 0.3 is 0 Å². The minimum absolute atomic E-state index is 0.531. The topological polar surface area (TPSA) is 24.4 Å². The number of halogens is 2. The van der Waals surface area contributed by atoms with Crippen LogP contribution in [0.4, 0.5) is 5.69 Å². The molecule has 0 spiro atoms. The highest BCUT2D eigenvalue weighted by molar-refractivity contribution is 6.42. The Morgan fingerprint density at radius 2 is 1.72 bits per heavy atom. The Labute approximate surface area is 116 Å². The highest BCUT2D eigenvalue weighted by Gasteiger charge is 2.02. The monoisotopic (exact) mass is 278 g/mol. The number of anilines is 1. The molecule has 0 fully saturated rings. The third kappa shape index (κ3) is 3.25. The molecule has 0 amide bonds. The zero-order valence-electron chi connectivity index (χ0n) is 9.82. The fourth-order valence-electron chi connectivity index (χ4n) is 1.45. The van der Waals surface area contributed by atoms with Gasteiger partial charge < -0.3 is 0 Å². The maximum atomic E-state index is 5.97. The second kappa shape index (κ2) is 5.89. The van der Waals surface area contributed by atoms with E-state index in [1.807, 2.05) is 43.3 Å². The molecule has 18 heavy (non-hydrogen) atoms. The summed E-state index contributed by atoms with van der Waals surface area (Å²) in [5.41, 5.74) is 5.71. The van der Waals surface area contributed by atoms with Crippen molar-refractivity contribution in [2.45, 2.75) is 6.92 Å². The summed E-state index contributed by atoms with van der Waals surface area (Å²) in [6.45, 7) is 1.91. The second-order valence-electron chi connectivity index (χ2n) is 3.80. The molecule has 0 unspecified atom stereocenters. The molecular weight excluding hydrogens is 267 g/mol. The molecule has 0 aromatic heterocycles. The van der Waals surface area contributed by atoms with Crippen molar-refractivity contribution >= 4 is 34.6 Å². The fourth-order valence-corrected chi connectivity index (χ4v) is 1.74. The number of nitrogens with zero attached hydrogens (tertiary/aromatic N) is 1. The Bertz CT molecular complexity index is 565. The molecule has 0 bridgehead atoms. The van der Waals surface area contributed by atoms with Gasteiger partial charge in [0.2, 0.25) is 0 Å². The van der Waals surface area contributed by atoms with Gasteiger partial charge in [-0.05, 0) is 36.8 Å². The lowest BCUT2D eigenvalue weighted by Crippen LogP contribution is -1.99. The van der Waals surface area contributed by atoms with E-state index in [4.69, 9.17) is 23.2 Å². The van der Waals surface area contributed by atoms with Crippen molar-refractivity contribution in [2.75, 3.05) is 5.43 Å². The van der Waals surface area contributed by atoms with Crippen LogP contribution in [-0.2, 0) is 0 Å². The van der Waals surface area contributed by atoms with Crippen molar-refractivity contribution in [3.63, 3.8) is 0 Å². The van der Waals surface area contributed by atoms with Crippen LogP contribution in [0.5, 0.6) is 0 Å². The normalized spacial score (nSPS) is 11.4. The largest absolute Gasteiger partial charge is 0.278 e. The van der Waals surface area contributed by atoms with Crippen molar-refractivity contribution in [3.05, 3.63) is 64.1 Å². The number of benzene rings is 2. The highest BCUT2D eigenvalue weighted by atomic mass is 35.5. The number of rotatable bonds is 3. The van der Waals surface area contributed by atoms with Crippen LogP contribution < -0.4 is 5.43 Å². The zero-order chi connectivity index (χ0) is 13.0. The molecular formula is C14H12Cl2N2. The lowest BCUT2D eigenvalue weighted by Gasteiger charge is -2.04. The van der Waals surface area contributed by atoms with Crippen molar-refractivity contribution in [2.24, 2.45) is 5.10 Å². The molecule has 92 valence electrons. The molecule has 0 atom stereocenters. The van der Waals surface area contributed by atoms with Gasteiger partial charge in [0.25, 0.3) is 0 Å². The molecule has 0 aliphatic rings. The predicted octanol–water partition coefficient (Wildman–Crippen LogP) is 4.83. The lowest BCUT2D eigenvalue weighted by atomic mass is 10.1. The third-order valence-corrected chi connectivity index (χ3v) is 3.20. The first-order valence-electron chi connectivity index (χ1n) is 5.47. The number of hydrazone groups is 1. The Morgan fingerprint density at radius 1 is 1.00 bits per heavy atom. The molecule has 0 saturated carbocycles. The molecule has 0 saturated heterocycles. The van der Waals surface area contributed by atoms with Gasteiger partial charge in [-0.2, -0.15) is 5.10 Å². The van der Waals surface area contributed by atoms with Crippen LogP contribution >= 0.6 is 23.2 Å². The van der Waals surface area contributed by atoms with Gasteiger partial charge in [-0.25, -0.2) is 0 Å². The Kier molecular flexibility index (Phi) is 4.24. The van der Waals surface area contributed by atoms with E-state index in [0.717, 1.165) is 17.0 Å². The van der Waals surface area contributed by atoms with E-state index in [0.29, 0.717) is 10.0 Å². The summed E-state index contributed by atoms with van der Waals surface area (Å²) >= 11 is 11.8. The first kappa shape index (κ1) is 12.9. The van der Waals surface area contributed by atoms with Crippen LogP contribution in [0.25, 0.3) is 0 Å². The van der Waals surface area contributed by atoms with Crippen LogP contribution in [-0.4, -0.2) is 5.71 Å². The molecule has 0 aliphatic heterocycles. The Hall–Kier alpha value is -1.51. The number of para-hydroxylation sites is 1. The smallest absolute Gasteiger partial charge is 0.0649 e.